The van der Waals surface area contributed by atoms with Gasteiger partial charge < -0.3 is 15.8 Å². The number of nitrogens with two attached hydrogens (primary N) is 1. The van der Waals surface area contributed by atoms with Crippen LogP contribution in [-0.4, -0.2) is 16.6 Å². The lowest BCUT2D eigenvalue weighted by Gasteiger charge is -2.19. The Balaban J connectivity index is 0.00000191. The van der Waals surface area contributed by atoms with Gasteiger partial charge in [-0.15, -0.1) is 0 Å². The third-order valence-electron chi connectivity index (χ3n) is 2.16. The number of nitrogens with one attached hydrogen (secondary N) is 1. The smallest absolute Gasteiger partial charge is 0.407 e. The molecule has 1 rings (SSSR count). The third kappa shape index (κ3) is 7.14. The van der Waals surface area contributed by atoms with Crippen LogP contribution in [0.5, 0.6) is 0 Å². The van der Waals surface area contributed by atoms with Crippen LogP contribution < -0.4 is 11.1 Å². The lowest BCUT2D eigenvalue weighted by atomic mass is 10.1. The normalized spacial score (nSPS) is 10.1. The predicted molar refractivity (Wildman–Crippen MR) is 81.9 cm³/mol. The van der Waals surface area contributed by atoms with Crippen molar-refractivity contribution in [1.82, 2.24) is 5.32 Å². The molecule has 0 aliphatic rings. The molecular weight excluding hydrogens is 274 g/mol. The number of rotatable bonds is 3. The maximum Gasteiger partial charge on any atom is 0.407 e. The van der Waals surface area contributed by atoms with Gasteiger partial charge in [-0.2, -0.15) is 0 Å². The molecule has 0 atom stereocenters. The van der Waals surface area contributed by atoms with Crippen LogP contribution in [0.1, 0.15) is 40.2 Å². The van der Waals surface area contributed by atoms with E-state index in [1.165, 1.54) is 18.2 Å². The Labute approximate surface area is 124 Å². The van der Waals surface area contributed by atoms with Crippen molar-refractivity contribution >= 4 is 17.5 Å². The van der Waals surface area contributed by atoms with Crippen molar-refractivity contribution in [2.24, 2.45) is 0 Å². The molecule has 7 heteroatoms. The van der Waals surface area contributed by atoms with Crippen molar-refractivity contribution in [2.75, 3.05) is 5.73 Å². The monoisotopic (exact) mass is 297 g/mol. The fraction of sp³-hybridized carbons (Fsp3) is 0.500. The fourth-order valence-electron chi connectivity index (χ4n) is 1.34. The van der Waals surface area contributed by atoms with Gasteiger partial charge in [-0.1, -0.05) is 13.8 Å². The lowest BCUT2D eigenvalue weighted by molar-refractivity contribution is -0.384. The molecule has 21 heavy (non-hydrogen) atoms. The van der Waals surface area contributed by atoms with E-state index in [1.54, 1.807) is 20.8 Å². The van der Waals surface area contributed by atoms with E-state index < -0.39 is 16.6 Å². The predicted octanol–water partition coefficient (Wildman–Crippen LogP) is 3.23. The van der Waals surface area contributed by atoms with E-state index in [0.29, 0.717) is 11.3 Å². The van der Waals surface area contributed by atoms with Gasteiger partial charge in [-0.3, -0.25) is 10.1 Å². The highest BCUT2D eigenvalue weighted by Crippen LogP contribution is 2.19. The van der Waals surface area contributed by atoms with E-state index in [2.05, 4.69) is 5.32 Å². The Morgan fingerprint density at radius 3 is 2.43 bits per heavy atom. The molecule has 0 saturated carbocycles. The molecule has 0 radical (unpaired) electrons. The summed E-state index contributed by atoms with van der Waals surface area (Å²) in [4.78, 5) is 21.6. The van der Waals surface area contributed by atoms with Gasteiger partial charge in [0.2, 0.25) is 0 Å². The largest absolute Gasteiger partial charge is 0.444 e. The van der Waals surface area contributed by atoms with Gasteiger partial charge >= 0.3 is 6.09 Å². The summed E-state index contributed by atoms with van der Waals surface area (Å²) in [5.41, 5.74) is 5.86. The van der Waals surface area contributed by atoms with Crippen molar-refractivity contribution in [3.63, 3.8) is 0 Å². The molecule has 118 valence electrons. The van der Waals surface area contributed by atoms with Crippen LogP contribution in [0.25, 0.3) is 0 Å². The van der Waals surface area contributed by atoms with E-state index in [1.807, 2.05) is 13.8 Å². The number of ether oxygens (including phenoxy) is 1. The Kier molecular flexibility index (Phi) is 7.19. The summed E-state index contributed by atoms with van der Waals surface area (Å²) in [5, 5.41) is 13.1. The molecule has 0 unspecified atom stereocenters. The highest BCUT2D eigenvalue weighted by Gasteiger charge is 2.16. The molecule has 0 aliphatic heterocycles. The highest BCUT2D eigenvalue weighted by molar-refractivity contribution is 5.68. The minimum Gasteiger partial charge on any atom is -0.444 e. The number of nitrogens with zero attached hydrogens (tertiary/aromatic N) is 1. The van der Waals surface area contributed by atoms with Crippen molar-refractivity contribution in [1.29, 1.82) is 0 Å². The zero-order valence-electron chi connectivity index (χ0n) is 13.1. The van der Waals surface area contributed by atoms with Crippen molar-refractivity contribution in [3.05, 3.63) is 33.9 Å². The molecule has 0 aliphatic carbocycles. The molecule has 0 heterocycles. The second kappa shape index (κ2) is 8.08. The molecule has 3 N–H and O–H groups in total. The van der Waals surface area contributed by atoms with Crippen LogP contribution in [0.3, 0.4) is 0 Å². The number of amides is 1. The van der Waals surface area contributed by atoms with E-state index >= 15 is 0 Å². The number of hydrogen-bond acceptors (Lipinski definition) is 5. The quantitative estimate of drug-likeness (QED) is 0.506. The number of carbonyl (C=O) groups excluding carboxylic acids is 1. The Hall–Kier alpha value is -2.31. The zero-order valence-corrected chi connectivity index (χ0v) is 13.1. The summed E-state index contributed by atoms with van der Waals surface area (Å²) in [6, 6.07) is 4.07. The van der Waals surface area contributed by atoms with Gasteiger partial charge in [0, 0.05) is 29.9 Å². The summed E-state index contributed by atoms with van der Waals surface area (Å²) in [5.74, 6) is 0. The summed E-state index contributed by atoms with van der Waals surface area (Å²) in [6.45, 7) is 9.30. The van der Waals surface area contributed by atoms with Gasteiger partial charge in [-0.05, 0) is 26.8 Å². The Bertz CT molecular complexity index is 495. The van der Waals surface area contributed by atoms with E-state index in [-0.39, 0.29) is 12.2 Å². The summed E-state index contributed by atoms with van der Waals surface area (Å²) >= 11 is 0. The van der Waals surface area contributed by atoms with Gasteiger partial charge in [0.15, 0.2) is 0 Å². The van der Waals surface area contributed by atoms with Gasteiger partial charge in [0.05, 0.1) is 4.92 Å². The van der Waals surface area contributed by atoms with Crippen LogP contribution in [0.15, 0.2) is 18.2 Å². The Morgan fingerprint density at radius 2 is 1.95 bits per heavy atom. The number of anilines is 1. The van der Waals surface area contributed by atoms with Crippen LogP contribution in [-0.2, 0) is 11.3 Å². The average Bonchev–Trinajstić information content (AvgIpc) is 2.38. The SMILES string of the molecule is CC.CC(C)(C)OC(=O)NCc1cc([N+](=O)[O-])ccc1N. The van der Waals surface area contributed by atoms with Crippen LogP contribution >= 0.6 is 0 Å². The summed E-state index contributed by atoms with van der Waals surface area (Å²) in [7, 11) is 0. The molecular formula is C14H23N3O4. The number of benzene rings is 1. The van der Waals surface area contributed by atoms with Crippen molar-refractivity contribution in [2.45, 2.75) is 46.8 Å². The number of carbonyl (C=O) groups is 1. The molecule has 0 bridgehead atoms. The minimum absolute atomic E-state index is 0.0719. The molecule has 1 amide bonds. The van der Waals surface area contributed by atoms with Gasteiger partial charge in [-0.25, -0.2) is 4.79 Å². The molecule has 7 nitrogen and oxygen atoms in total. The highest BCUT2D eigenvalue weighted by atomic mass is 16.6. The Morgan fingerprint density at radius 1 is 1.38 bits per heavy atom. The molecule has 1 aromatic rings. The molecule has 0 aromatic heterocycles. The fourth-order valence-corrected chi connectivity index (χ4v) is 1.34. The zero-order chi connectivity index (χ0) is 16.6. The molecule has 1 aromatic carbocycles. The van der Waals surface area contributed by atoms with Crippen molar-refractivity contribution in [3.8, 4) is 0 Å². The third-order valence-corrected chi connectivity index (χ3v) is 2.16. The number of nitro benzene ring substituents is 1. The minimum atomic E-state index is -0.599. The number of non-ortho nitro benzene ring substituents is 1. The standard InChI is InChI=1S/C12H17N3O4.C2H6/c1-12(2,3)19-11(16)14-7-8-6-9(15(17)18)4-5-10(8)13;1-2/h4-6H,7,13H2,1-3H3,(H,14,16);1-2H3. The average molecular weight is 297 g/mol. The molecule has 0 saturated heterocycles. The van der Waals surface area contributed by atoms with Gasteiger partial charge in [0.25, 0.3) is 5.69 Å². The molecule has 0 fully saturated rings. The lowest BCUT2D eigenvalue weighted by Crippen LogP contribution is -2.32. The first-order valence-corrected chi connectivity index (χ1v) is 6.68. The van der Waals surface area contributed by atoms with Crippen LogP contribution in [0, 0.1) is 10.1 Å². The van der Waals surface area contributed by atoms with E-state index in [0.717, 1.165) is 0 Å². The number of alkyl carbamates (subject to hydrolysis) is 1. The maximum absolute atomic E-state index is 11.5. The number of nitrogen functional groups attached to an aromatic ring is 1. The van der Waals surface area contributed by atoms with Crippen LogP contribution in [0.2, 0.25) is 0 Å². The maximum atomic E-state index is 11.5. The topological polar surface area (TPSA) is 107 Å². The number of hydrogen-bond donors (Lipinski definition) is 2. The number of nitro groups is 1. The first kappa shape index (κ1) is 18.7. The van der Waals surface area contributed by atoms with Crippen molar-refractivity contribution < 1.29 is 14.5 Å². The first-order chi connectivity index (χ1) is 9.69. The summed E-state index contributed by atoms with van der Waals surface area (Å²) in [6.07, 6.45) is -0.599. The first-order valence-electron chi connectivity index (χ1n) is 6.68. The van der Waals surface area contributed by atoms with E-state index in [4.69, 9.17) is 10.5 Å². The summed E-state index contributed by atoms with van der Waals surface area (Å²) < 4.78 is 5.05. The molecule has 0 spiro atoms. The van der Waals surface area contributed by atoms with E-state index in [9.17, 15) is 14.9 Å². The second-order valence-corrected chi connectivity index (χ2v) is 5.00. The van der Waals surface area contributed by atoms with Gasteiger partial charge in [0.1, 0.15) is 5.60 Å². The second-order valence-electron chi connectivity index (χ2n) is 5.00. The van der Waals surface area contributed by atoms with Crippen LogP contribution in [0.4, 0.5) is 16.2 Å².